The van der Waals surface area contributed by atoms with E-state index in [0.717, 1.165) is 55.2 Å². The fraction of sp³-hybridized carbons (Fsp3) is 0.786. The number of Topliss-reactive ketones (excluding diaryl/α,β-unsaturated/α-hetero) is 1. The molecular weight excluding hydrogens is 461 g/mol. The van der Waals surface area contributed by atoms with Gasteiger partial charge in [-0.15, -0.1) is 0 Å². The van der Waals surface area contributed by atoms with Crippen LogP contribution in [0.5, 0.6) is 0 Å². The summed E-state index contributed by atoms with van der Waals surface area (Å²) in [6, 6.07) is 0. The second-order valence-corrected chi connectivity index (χ2v) is 13.7. The summed E-state index contributed by atoms with van der Waals surface area (Å²) in [6.45, 7) is 9.71. The summed E-state index contributed by atoms with van der Waals surface area (Å²) in [6.07, 6.45) is 12.6. The molecule has 5 rings (SSSR count). The van der Waals surface area contributed by atoms with Crippen molar-refractivity contribution < 1.29 is 9.53 Å². The number of nitrogens with zero attached hydrogens (tertiary/aromatic N) is 1. The van der Waals surface area contributed by atoms with Gasteiger partial charge in [-0.05, 0) is 6.42 Å². The Morgan fingerprint density at radius 2 is 2.12 bits per heavy atom. The monoisotopic (exact) mass is 501 g/mol. The van der Waals surface area contributed by atoms with Crippen LogP contribution in [-0.4, -0.2) is 26.8 Å². The van der Waals surface area contributed by atoms with Gasteiger partial charge in [0.2, 0.25) is 0 Å². The molecule has 0 spiro atoms. The first-order valence-electron chi connectivity index (χ1n) is 12.9. The van der Waals surface area contributed by atoms with E-state index in [4.69, 9.17) is 10.00 Å². The summed E-state index contributed by atoms with van der Waals surface area (Å²) >= 11 is 0.131. The minimum atomic E-state index is 0.131. The molecule has 1 heterocycles. The maximum absolute atomic E-state index is 12.1. The van der Waals surface area contributed by atoms with Gasteiger partial charge in [0, 0.05) is 12.8 Å². The number of nitriles is 1. The SMILES string of the molecule is CC1=C(CC[C@@H](C)C[Se]C#N)O[C@H]2C[C@H]3[C@@H]4CC=C5CC(=O)CC[C@]5(C)[C@H]4CC[C@]3(C)[C@@H]12. The Balaban J connectivity index is 1.33. The number of ketones is 1. The Bertz CT molecular complexity index is 900. The number of hydrogen-bond donors (Lipinski definition) is 0. The second kappa shape index (κ2) is 8.32. The zero-order chi connectivity index (χ0) is 22.7. The van der Waals surface area contributed by atoms with Gasteiger partial charge in [0.15, 0.2) is 0 Å². The van der Waals surface area contributed by atoms with Gasteiger partial charge in [0.1, 0.15) is 5.78 Å². The molecule has 0 bridgehead atoms. The number of ether oxygens (including phenoxy) is 1. The van der Waals surface area contributed by atoms with Gasteiger partial charge in [0.25, 0.3) is 0 Å². The van der Waals surface area contributed by atoms with Crippen molar-refractivity contribution in [2.45, 2.75) is 96.9 Å². The molecule has 32 heavy (non-hydrogen) atoms. The Morgan fingerprint density at radius 1 is 1.31 bits per heavy atom. The molecule has 4 aliphatic carbocycles. The molecular formula is C28H39NO2Se. The summed E-state index contributed by atoms with van der Waals surface area (Å²) < 4.78 is 6.69. The Morgan fingerprint density at radius 3 is 2.91 bits per heavy atom. The van der Waals surface area contributed by atoms with Crippen molar-refractivity contribution in [3.05, 3.63) is 23.0 Å². The van der Waals surface area contributed by atoms with E-state index >= 15 is 0 Å². The summed E-state index contributed by atoms with van der Waals surface area (Å²) in [4.78, 5) is 14.5. The molecule has 4 heteroatoms. The molecule has 8 atom stereocenters. The molecule has 0 radical (unpaired) electrons. The third-order valence-electron chi connectivity index (χ3n) is 10.4. The molecule has 0 aromatic carbocycles. The number of carbonyl (C=O) groups excluding carboxylic acids is 1. The quantitative estimate of drug-likeness (QED) is 0.323. The van der Waals surface area contributed by atoms with Crippen LogP contribution in [0.1, 0.15) is 85.5 Å². The van der Waals surface area contributed by atoms with Gasteiger partial charge in [0.05, 0.1) is 0 Å². The van der Waals surface area contributed by atoms with E-state index in [9.17, 15) is 4.79 Å². The van der Waals surface area contributed by atoms with E-state index in [1.807, 2.05) is 0 Å². The average Bonchev–Trinajstić information content (AvgIpc) is 3.24. The summed E-state index contributed by atoms with van der Waals surface area (Å²) in [7, 11) is 0. The Hall–Kier alpha value is -1.04. The number of rotatable bonds is 5. The maximum atomic E-state index is 12.1. The summed E-state index contributed by atoms with van der Waals surface area (Å²) in [5.41, 5.74) is 3.63. The van der Waals surface area contributed by atoms with Crippen LogP contribution in [0.25, 0.3) is 0 Å². The fourth-order valence-corrected chi connectivity index (χ4v) is 9.80. The van der Waals surface area contributed by atoms with Gasteiger partial charge in [-0.2, -0.15) is 0 Å². The molecule has 174 valence electrons. The van der Waals surface area contributed by atoms with Crippen LogP contribution in [0.3, 0.4) is 0 Å². The van der Waals surface area contributed by atoms with Gasteiger partial charge in [-0.1, -0.05) is 12.5 Å². The normalized spacial score (nSPS) is 43.4. The second-order valence-electron chi connectivity index (χ2n) is 12.0. The van der Waals surface area contributed by atoms with Crippen molar-refractivity contribution in [1.82, 2.24) is 0 Å². The molecule has 3 nitrogen and oxygen atoms in total. The molecule has 0 aromatic rings. The van der Waals surface area contributed by atoms with Gasteiger partial charge >= 0.3 is 158 Å². The van der Waals surface area contributed by atoms with Gasteiger partial charge in [-0.25, -0.2) is 0 Å². The van der Waals surface area contributed by atoms with Gasteiger partial charge < -0.3 is 0 Å². The van der Waals surface area contributed by atoms with Crippen molar-refractivity contribution >= 4 is 20.7 Å². The van der Waals surface area contributed by atoms with Crippen LogP contribution >= 0.6 is 0 Å². The topological polar surface area (TPSA) is 50.1 Å². The molecule has 3 fully saturated rings. The number of hydrogen-bond acceptors (Lipinski definition) is 3. The molecule has 1 aliphatic heterocycles. The number of fused-ring (bicyclic) bond motifs is 7. The Labute approximate surface area is 200 Å². The predicted molar refractivity (Wildman–Crippen MR) is 128 cm³/mol. The van der Waals surface area contributed by atoms with Gasteiger partial charge in [-0.3, -0.25) is 4.79 Å². The van der Waals surface area contributed by atoms with Crippen LogP contribution in [0, 0.1) is 50.6 Å². The molecule has 0 amide bonds. The third kappa shape index (κ3) is 3.45. The molecule has 0 N–H and O–H groups in total. The number of carbonyl (C=O) groups is 1. The van der Waals surface area contributed by atoms with Crippen LogP contribution in [-0.2, 0) is 9.53 Å². The van der Waals surface area contributed by atoms with E-state index < -0.39 is 0 Å². The van der Waals surface area contributed by atoms with Crippen molar-refractivity contribution in [3.8, 4) is 4.97 Å². The van der Waals surface area contributed by atoms with Crippen LogP contribution in [0.2, 0.25) is 5.32 Å². The minimum absolute atomic E-state index is 0.131. The fourth-order valence-electron chi connectivity index (χ4n) is 8.70. The van der Waals surface area contributed by atoms with Crippen molar-refractivity contribution in [3.63, 3.8) is 0 Å². The van der Waals surface area contributed by atoms with Crippen molar-refractivity contribution in [2.75, 3.05) is 0 Å². The van der Waals surface area contributed by atoms with Crippen molar-refractivity contribution in [2.24, 2.45) is 40.4 Å². The predicted octanol–water partition coefficient (Wildman–Crippen LogP) is 6.44. The molecule has 5 aliphatic rings. The van der Waals surface area contributed by atoms with E-state index in [1.165, 1.54) is 42.6 Å². The van der Waals surface area contributed by atoms with Crippen LogP contribution in [0.15, 0.2) is 23.0 Å². The van der Waals surface area contributed by atoms with E-state index in [2.05, 4.69) is 38.7 Å². The first kappa shape index (κ1) is 22.7. The zero-order valence-corrected chi connectivity index (χ0v) is 22.0. The zero-order valence-electron chi connectivity index (χ0n) is 20.3. The van der Waals surface area contributed by atoms with E-state index in [1.54, 1.807) is 0 Å². The Kier molecular flexibility index (Phi) is 5.91. The third-order valence-corrected chi connectivity index (χ3v) is 12.3. The molecule has 0 saturated heterocycles. The first-order chi connectivity index (χ1) is 15.3. The average molecular weight is 501 g/mol. The van der Waals surface area contributed by atoms with E-state index in [0.29, 0.717) is 29.1 Å². The summed E-state index contributed by atoms with van der Waals surface area (Å²) in [5.74, 6) is 5.19. The summed E-state index contributed by atoms with van der Waals surface area (Å²) in [5, 5.41) is 9.94. The van der Waals surface area contributed by atoms with Crippen LogP contribution < -0.4 is 0 Å². The molecule has 0 unspecified atom stereocenters. The molecule has 0 aromatic heterocycles. The number of allylic oxidation sites excluding steroid dienone is 3. The first-order valence-corrected chi connectivity index (χ1v) is 14.9. The van der Waals surface area contributed by atoms with Crippen LogP contribution in [0.4, 0.5) is 0 Å². The van der Waals surface area contributed by atoms with Crippen molar-refractivity contribution in [1.29, 1.82) is 5.26 Å². The van der Waals surface area contributed by atoms with E-state index in [-0.39, 0.29) is 20.4 Å². The molecule has 3 saturated carbocycles. The standard InChI is InChI=1S/C28H39NO2Se/c1-17(15-32-16-29)5-8-24-18(2)26-25(31-24)14-23-21-7-6-19-13-20(30)9-11-27(19,3)22(21)10-12-28(23,26)4/h6,17,21-23,25-26H,5,7-15H2,1-4H3/t17-,21-,22+,23+,25+,26+,27+,28+/m1/s1.